The molecule has 6 heteroatoms. The van der Waals surface area contributed by atoms with Crippen LogP contribution in [-0.4, -0.2) is 41.7 Å². The van der Waals surface area contributed by atoms with E-state index in [1.165, 1.54) is 42.5 Å². The van der Waals surface area contributed by atoms with Gasteiger partial charge in [-0.05, 0) is 50.5 Å². The molecule has 1 saturated carbocycles. The van der Waals surface area contributed by atoms with Crippen LogP contribution >= 0.6 is 11.8 Å². The van der Waals surface area contributed by atoms with Gasteiger partial charge in [-0.1, -0.05) is 30.5 Å². The number of ether oxygens (including phenoxy) is 1. The molecule has 3 rings (SSSR count). The average Bonchev–Trinajstić information content (AvgIpc) is 3.25. The van der Waals surface area contributed by atoms with Crippen LogP contribution in [0.5, 0.6) is 5.75 Å². The maximum atomic E-state index is 5.63. The summed E-state index contributed by atoms with van der Waals surface area (Å²) in [5.41, 5.74) is 3.91. The Hall–Kier alpha value is -1.95. The topological polar surface area (TPSA) is 50.3 Å². The van der Waals surface area contributed by atoms with E-state index in [0.29, 0.717) is 19.1 Å². The van der Waals surface area contributed by atoms with E-state index in [9.17, 15) is 0 Å². The monoisotopic (exact) mass is 414 g/mol. The van der Waals surface area contributed by atoms with Gasteiger partial charge in [-0.3, -0.25) is 0 Å². The Balaban J connectivity index is 1.64. The minimum atomic E-state index is 0.633. The van der Waals surface area contributed by atoms with Crippen LogP contribution in [0, 0.1) is 12.8 Å². The summed E-state index contributed by atoms with van der Waals surface area (Å²) in [7, 11) is 0. The fourth-order valence-corrected chi connectivity index (χ4v) is 4.22. The molecule has 1 aliphatic rings. The smallest absolute Gasteiger partial charge is 0.223 e. The van der Waals surface area contributed by atoms with Crippen LogP contribution < -0.4 is 15.0 Å². The number of thioether (sulfide) groups is 1. The number of nitrogens with one attached hydrogen (secondary N) is 1. The van der Waals surface area contributed by atoms with Crippen LogP contribution in [0.15, 0.2) is 30.6 Å². The number of benzene rings is 1. The summed E-state index contributed by atoms with van der Waals surface area (Å²) in [4.78, 5) is 11.3. The lowest BCUT2D eigenvalue weighted by Crippen LogP contribution is -2.29. The normalized spacial score (nSPS) is 14.2. The van der Waals surface area contributed by atoms with Gasteiger partial charge in [-0.2, -0.15) is 11.8 Å². The van der Waals surface area contributed by atoms with Gasteiger partial charge >= 0.3 is 0 Å². The van der Waals surface area contributed by atoms with Gasteiger partial charge in [0.2, 0.25) is 5.95 Å². The highest BCUT2D eigenvalue weighted by atomic mass is 32.2. The Morgan fingerprint density at radius 2 is 1.97 bits per heavy atom. The first kappa shape index (κ1) is 21.8. The predicted octanol–water partition coefficient (Wildman–Crippen LogP) is 5.16. The zero-order chi connectivity index (χ0) is 20.5. The number of aromatic nitrogens is 2. The van der Waals surface area contributed by atoms with Gasteiger partial charge in [0.25, 0.3) is 0 Å². The zero-order valence-electron chi connectivity index (χ0n) is 18.0. The van der Waals surface area contributed by atoms with Crippen LogP contribution in [-0.2, 0) is 6.54 Å². The summed E-state index contributed by atoms with van der Waals surface area (Å²) in [6.45, 7) is 7.99. The van der Waals surface area contributed by atoms with Crippen LogP contribution in [0.4, 0.5) is 11.6 Å². The van der Waals surface area contributed by atoms with Crippen molar-refractivity contribution in [2.45, 2.75) is 46.1 Å². The van der Waals surface area contributed by atoms with Crippen molar-refractivity contribution in [2.24, 2.45) is 5.92 Å². The largest absolute Gasteiger partial charge is 0.489 e. The lowest BCUT2D eigenvalue weighted by molar-refractivity contribution is 0.341. The lowest BCUT2D eigenvalue weighted by atomic mass is 10.0. The minimum absolute atomic E-state index is 0.633. The Morgan fingerprint density at radius 3 is 2.66 bits per heavy atom. The van der Waals surface area contributed by atoms with Crippen molar-refractivity contribution in [2.75, 3.05) is 41.9 Å². The van der Waals surface area contributed by atoms with Crippen molar-refractivity contribution < 1.29 is 4.74 Å². The number of rotatable bonds is 11. The molecule has 0 unspecified atom stereocenters. The molecule has 0 saturated heterocycles. The van der Waals surface area contributed by atoms with E-state index < -0.39 is 0 Å². The van der Waals surface area contributed by atoms with Crippen LogP contribution in [0.3, 0.4) is 0 Å². The van der Waals surface area contributed by atoms with Gasteiger partial charge in [-0.25, -0.2) is 9.97 Å². The van der Waals surface area contributed by atoms with Gasteiger partial charge in [0.05, 0.1) is 19.0 Å². The molecule has 1 heterocycles. The fraction of sp³-hybridized carbons (Fsp3) is 0.565. The highest BCUT2D eigenvalue weighted by Crippen LogP contribution is 2.29. The average molecular weight is 415 g/mol. The van der Waals surface area contributed by atoms with Gasteiger partial charge < -0.3 is 15.0 Å². The van der Waals surface area contributed by atoms with Crippen LogP contribution in [0.2, 0.25) is 0 Å². The SMILES string of the molecule is CCN(CC1CCCC1)c1ccc(C)cc1CNc1ncc(OCCSC)cn1. The van der Waals surface area contributed by atoms with Crippen molar-refractivity contribution >= 4 is 23.4 Å². The Morgan fingerprint density at radius 1 is 1.21 bits per heavy atom. The molecular weight excluding hydrogens is 380 g/mol. The second kappa shape index (κ2) is 11.3. The number of aryl methyl sites for hydroxylation is 1. The minimum Gasteiger partial charge on any atom is -0.489 e. The van der Waals surface area contributed by atoms with Gasteiger partial charge in [0.15, 0.2) is 5.75 Å². The van der Waals surface area contributed by atoms with Crippen LogP contribution in [0.25, 0.3) is 0 Å². The molecule has 1 aromatic carbocycles. The standard InChI is InChI=1S/C23H34N4OS/c1-4-27(17-19-7-5-6-8-19)22-10-9-18(2)13-20(22)14-24-23-25-15-21(16-26-23)28-11-12-29-3/h9-10,13,15-16,19H,4-8,11-12,14,17H2,1-3H3,(H,24,25,26). The summed E-state index contributed by atoms with van der Waals surface area (Å²) >= 11 is 1.76. The maximum Gasteiger partial charge on any atom is 0.223 e. The quantitative estimate of drug-likeness (QED) is 0.513. The Bertz CT molecular complexity index is 747. The molecule has 5 nitrogen and oxygen atoms in total. The van der Waals surface area contributed by atoms with Gasteiger partial charge in [0, 0.05) is 31.1 Å². The molecule has 1 aliphatic carbocycles. The molecule has 0 aliphatic heterocycles. The summed E-state index contributed by atoms with van der Waals surface area (Å²) < 4.78 is 5.63. The van der Waals surface area contributed by atoms with Crippen molar-refractivity contribution in [1.29, 1.82) is 0 Å². The third-order valence-electron chi connectivity index (χ3n) is 5.53. The van der Waals surface area contributed by atoms with Gasteiger partial charge in [-0.15, -0.1) is 0 Å². The lowest BCUT2D eigenvalue weighted by Gasteiger charge is -2.29. The van der Waals surface area contributed by atoms with E-state index in [0.717, 1.165) is 30.5 Å². The highest BCUT2D eigenvalue weighted by molar-refractivity contribution is 7.98. The van der Waals surface area contributed by atoms with E-state index in [-0.39, 0.29) is 0 Å². The van der Waals surface area contributed by atoms with E-state index in [1.54, 1.807) is 24.2 Å². The van der Waals surface area contributed by atoms with Crippen molar-refractivity contribution in [3.8, 4) is 5.75 Å². The molecular formula is C23H34N4OS. The van der Waals surface area contributed by atoms with Crippen molar-refractivity contribution in [3.63, 3.8) is 0 Å². The second-order valence-corrected chi connectivity index (χ2v) is 8.74. The summed E-state index contributed by atoms with van der Waals surface area (Å²) in [6.07, 6.45) is 11.1. The molecule has 0 spiro atoms. The van der Waals surface area contributed by atoms with Crippen molar-refractivity contribution in [1.82, 2.24) is 9.97 Å². The van der Waals surface area contributed by atoms with Crippen molar-refractivity contribution in [3.05, 3.63) is 41.7 Å². The number of anilines is 2. The van der Waals surface area contributed by atoms with E-state index in [4.69, 9.17) is 4.74 Å². The molecule has 0 radical (unpaired) electrons. The summed E-state index contributed by atoms with van der Waals surface area (Å²) in [5.74, 6) is 3.15. The summed E-state index contributed by atoms with van der Waals surface area (Å²) in [6, 6.07) is 6.77. The number of nitrogens with zero attached hydrogens (tertiary/aromatic N) is 3. The van der Waals surface area contributed by atoms with E-state index in [2.05, 4.69) is 58.5 Å². The summed E-state index contributed by atoms with van der Waals surface area (Å²) in [5, 5.41) is 3.39. The number of hydrogen-bond acceptors (Lipinski definition) is 6. The molecule has 29 heavy (non-hydrogen) atoms. The Kier molecular flexibility index (Phi) is 8.47. The number of hydrogen-bond donors (Lipinski definition) is 1. The molecule has 158 valence electrons. The first-order valence-corrected chi connectivity index (χ1v) is 12.1. The first-order valence-electron chi connectivity index (χ1n) is 10.7. The first-order chi connectivity index (χ1) is 14.2. The molecule has 1 aromatic heterocycles. The molecule has 0 bridgehead atoms. The predicted molar refractivity (Wildman–Crippen MR) is 124 cm³/mol. The molecule has 0 atom stereocenters. The molecule has 0 amide bonds. The zero-order valence-corrected chi connectivity index (χ0v) is 18.8. The second-order valence-electron chi connectivity index (χ2n) is 7.76. The third-order valence-corrected chi connectivity index (χ3v) is 6.11. The van der Waals surface area contributed by atoms with E-state index in [1.807, 2.05) is 0 Å². The van der Waals surface area contributed by atoms with E-state index >= 15 is 0 Å². The maximum absolute atomic E-state index is 5.63. The van der Waals surface area contributed by atoms with Gasteiger partial charge in [0.1, 0.15) is 0 Å². The van der Waals surface area contributed by atoms with Crippen LogP contribution in [0.1, 0.15) is 43.7 Å². The molecule has 1 N–H and O–H groups in total. The molecule has 2 aromatic rings. The third kappa shape index (κ3) is 6.53. The fourth-order valence-electron chi connectivity index (χ4n) is 3.97. The highest BCUT2D eigenvalue weighted by Gasteiger charge is 2.19. The molecule has 1 fully saturated rings. The Labute approximate surface area is 179 Å².